The second-order valence-corrected chi connectivity index (χ2v) is 0. The average Bonchev–Trinajstić information content (AvgIpc) is 0. The summed E-state index contributed by atoms with van der Waals surface area (Å²) in [6, 6.07) is 0. The van der Waals surface area contributed by atoms with Crippen LogP contribution in [0.3, 0.4) is 0 Å². The summed E-state index contributed by atoms with van der Waals surface area (Å²) in [6.07, 6.45) is 0. The van der Waals surface area contributed by atoms with Gasteiger partial charge in [-0.15, -0.1) is 0 Å². The fourth-order valence-corrected chi connectivity index (χ4v) is 0. The van der Waals surface area contributed by atoms with Gasteiger partial charge in [-0.25, -0.2) is 0 Å². The Balaban J connectivity index is 0. The molecule has 0 bridgehead atoms. The number of hydrogen-bond donors (Lipinski definition) is 0. The van der Waals surface area contributed by atoms with E-state index < -0.39 is 0 Å². The first-order valence-corrected chi connectivity index (χ1v) is 0. The quantitative estimate of drug-likeness (QED) is 0.530. The summed E-state index contributed by atoms with van der Waals surface area (Å²) in [7, 11) is 0. The minimum absolute atomic E-state index is 0. The topological polar surface area (TPSA) is 0 Å². The molecule has 0 aromatic carbocycles. The predicted molar refractivity (Wildman–Crippen MR) is 16.1 cm³/mol. The van der Waals surface area contributed by atoms with Gasteiger partial charge < -0.3 is 0 Å². The second-order valence-electron chi connectivity index (χ2n) is 0. The van der Waals surface area contributed by atoms with E-state index in [4.69, 9.17) is 0 Å². The molecule has 0 saturated carbocycles. The molecule has 0 spiro atoms. The van der Waals surface area contributed by atoms with Gasteiger partial charge in [-0.1, -0.05) is 0 Å². The molecule has 0 atom stereocenters. The largest absolute Gasteiger partial charge is 0.197 e. The van der Waals surface area contributed by atoms with Crippen molar-refractivity contribution in [3.8, 4) is 0 Å². The van der Waals surface area contributed by atoms with E-state index in [1.807, 2.05) is 0 Å². The molecule has 5 heteroatoms. The molecule has 0 amide bonds. The Morgan fingerprint density at radius 2 is 0.800 bits per heavy atom. The van der Waals surface area contributed by atoms with E-state index in [0.717, 1.165) is 0 Å². The molecule has 36 valence electrons. The van der Waals surface area contributed by atoms with Crippen molar-refractivity contribution < 1.29 is 53.6 Å². The summed E-state index contributed by atoms with van der Waals surface area (Å²) in [5.74, 6) is 0. The predicted octanol–water partition coefficient (Wildman–Crippen LogP) is -0.275. The molecule has 6 radical (unpaired) electrons. The first-order chi connectivity index (χ1) is 0. The molecule has 0 unspecified atom stereocenters. The van der Waals surface area contributed by atoms with Crippen LogP contribution < -0.4 is 0 Å². The van der Waals surface area contributed by atoms with Crippen LogP contribution in [0.4, 0.5) is 0 Å². The zero-order valence-electron chi connectivity index (χ0n) is 2.31. The van der Waals surface area contributed by atoms with Gasteiger partial charge in [0.2, 0.25) is 0 Å². The third kappa shape index (κ3) is 20.0. The Kier molecular flexibility index (Phi) is 267. The molecule has 0 nitrogen and oxygen atoms in total. The van der Waals surface area contributed by atoms with Crippen LogP contribution in [-0.4, -0.2) is 23.9 Å². The van der Waals surface area contributed by atoms with Gasteiger partial charge >= 0.3 is 0 Å². The zero-order valence-corrected chi connectivity index (χ0v) is 11.0. The van der Waals surface area contributed by atoms with Crippen molar-refractivity contribution in [2.75, 3.05) is 0 Å². The molecule has 0 fully saturated rings. The van der Waals surface area contributed by atoms with E-state index in [0.29, 0.717) is 0 Å². The molecular formula is H2Cu2SSnZn. The monoisotopic (exact) mass is 344 g/mol. The second kappa shape index (κ2) is 29.1. The molecule has 0 aliphatic carbocycles. The van der Waals surface area contributed by atoms with E-state index >= 15 is 0 Å². The Labute approximate surface area is 89.7 Å². The summed E-state index contributed by atoms with van der Waals surface area (Å²) in [5.41, 5.74) is 0. The van der Waals surface area contributed by atoms with Crippen LogP contribution in [0.5, 0.6) is 0 Å². The van der Waals surface area contributed by atoms with Gasteiger partial charge in [-0.2, -0.15) is 13.5 Å². The maximum atomic E-state index is 0. The first kappa shape index (κ1) is 45.9. The summed E-state index contributed by atoms with van der Waals surface area (Å²) in [4.78, 5) is 0. The number of rotatable bonds is 0. The van der Waals surface area contributed by atoms with Crippen LogP contribution in [-0.2, 0) is 53.6 Å². The minimum Gasteiger partial charge on any atom is -0.197 e. The van der Waals surface area contributed by atoms with E-state index in [2.05, 4.69) is 0 Å². The third-order valence-corrected chi connectivity index (χ3v) is 0. The van der Waals surface area contributed by atoms with Gasteiger partial charge in [0.15, 0.2) is 0 Å². The molecule has 0 aromatic heterocycles. The Hall–Kier alpha value is 2.81. The van der Waals surface area contributed by atoms with Crippen LogP contribution in [0.15, 0.2) is 0 Å². The molecule has 0 heterocycles. The van der Waals surface area contributed by atoms with Crippen molar-refractivity contribution in [3.05, 3.63) is 0 Å². The smallest absolute Gasteiger partial charge is 0 e. The molecule has 0 rings (SSSR count). The van der Waals surface area contributed by atoms with Crippen molar-refractivity contribution >= 4 is 37.4 Å². The molecule has 5 heavy (non-hydrogen) atoms. The van der Waals surface area contributed by atoms with Crippen LogP contribution in [0.25, 0.3) is 0 Å². The fraction of sp³-hybridized carbons (Fsp3) is 0. The van der Waals surface area contributed by atoms with Crippen LogP contribution >= 0.6 is 13.5 Å². The third-order valence-electron chi connectivity index (χ3n) is 0. The summed E-state index contributed by atoms with van der Waals surface area (Å²) in [5, 5.41) is 0. The number of hydrogen-bond acceptors (Lipinski definition) is 0. The van der Waals surface area contributed by atoms with Crippen molar-refractivity contribution in [2.24, 2.45) is 0 Å². The van der Waals surface area contributed by atoms with E-state index in [-0.39, 0.29) is 91.0 Å². The van der Waals surface area contributed by atoms with Gasteiger partial charge in [-0.3, -0.25) is 0 Å². The fourth-order valence-electron chi connectivity index (χ4n) is 0. The van der Waals surface area contributed by atoms with Crippen LogP contribution in [0.1, 0.15) is 0 Å². The standard InChI is InChI=1S/2Cu.H2S.Sn.Zn/h;;1H2;;. The van der Waals surface area contributed by atoms with Crippen molar-refractivity contribution in [3.63, 3.8) is 0 Å². The molecule has 0 aliphatic rings. The van der Waals surface area contributed by atoms with Crippen LogP contribution in [0, 0.1) is 0 Å². The molecular weight excluding hydrogens is 343 g/mol. The normalized spacial score (nSPS) is 0. The average molecular weight is 345 g/mol. The Morgan fingerprint density at radius 1 is 0.800 bits per heavy atom. The molecule has 0 saturated heterocycles. The zero-order chi connectivity index (χ0) is 0. The van der Waals surface area contributed by atoms with Gasteiger partial charge in [0.25, 0.3) is 0 Å². The van der Waals surface area contributed by atoms with Crippen molar-refractivity contribution in [1.82, 2.24) is 0 Å². The van der Waals surface area contributed by atoms with Crippen LogP contribution in [0.2, 0.25) is 0 Å². The van der Waals surface area contributed by atoms with Gasteiger partial charge in [0.05, 0.1) is 0 Å². The van der Waals surface area contributed by atoms with Crippen molar-refractivity contribution in [2.45, 2.75) is 0 Å². The van der Waals surface area contributed by atoms with E-state index in [1.165, 1.54) is 0 Å². The van der Waals surface area contributed by atoms with E-state index in [9.17, 15) is 0 Å². The molecule has 0 N–H and O–H groups in total. The Bertz CT molecular complexity index is 9.61. The molecule has 0 aromatic rings. The summed E-state index contributed by atoms with van der Waals surface area (Å²) in [6.45, 7) is 0. The maximum Gasteiger partial charge on any atom is 0 e. The van der Waals surface area contributed by atoms with Gasteiger partial charge in [0.1, 0.15) is 0 Å². The Morgan fingerprint density at radius 3 is 0.800 bits per heavy atom. The maximum absolute atomic E-state index is 0. The van der Waals surface area contributed by atoms with Crippen molar-refractivity contribution in [1.29, 1.82) is 0 Å². The summed E-state index contributed by atoms with van der Waals surface area (Å²) >= 11 is 0. The van der Waals surface area contributed by atoms with Gasteiger partial charge in [0, 0.05) is 77.5 Å². The van der Waals surface area contributed by atoms with E-state index in [1.54, 1.807) is 0 Å². The van der Waals surface area contributed by atoms with Gasteiger partial charge in [-0.05, 0) is 0 Å². The first-order valence-electron chi connectivity index (χ1n) is 0. The summed E-state index contributed by atoms with van der Waals surface area (Å²) < 4.78 is 0. The minimum atomic E-state index is 0. The molecule has 0 aliphatic heterocycles. The SMILES string of the molecule is S.[Cu].[Cu].[Sn].[Zn].